The summed E-state index contributed by atoms with van der Waals surface area (Å²) in [6, 6.07) is 0. The summed E-state index contributed by atoms with van der Waals surface area (Å²) in [5, 5.41) is 16.4. The van der Waals surface area contributed by atoms with E-state index in [1.165, 1.54) is 0 Å². The maximum atomic E-state index is 11.8. The summed E-state index contributed by atoms with van der Waals surface area (Å²) in [7, 11) is 0. The maximum Gasteiger partial charge on any atom is 0.250 e. The Balaban J connectivity index is 2.70. The van der Waals surface area contributed by atoms with Crippen LogP contribution in [0.2, 0.25) is 0 Å². The van der Waals surface area contributed by atoms with Crippen molar-refractivity contribution < 1.29 is 9.53 Å². The van der Waals surface area contributed by atoms with Crippen LogP contribution in [-0.2, 0) is 9.53 Å². The lowest BCUT2D eigenvalue weighted by molar-refractivity contribution is -0.129. The fourth-order valence-electron chi connectivity index (χ4n) is 1.50. The highest BCUT2D eigenvalue weighted by Gasteiger charge is 2.40. The summed E-state index contributed by atoms with van der Waals surface area (Å²) in [4.78, 5) is 11.8. The largest absolute Gasteiger partial charge is 0.381 e. The number of nitrogens with zero attached hydrogens (tertiary/aromatic N) is 2. The molecular weight excluding hydrogens is 198 g/mol. The predicted molar refractivity (Wildman–Crippen MR) is 53.6 cm³/mol. The van der Waals surface area contributed by atoms with Gasteiger partial charge in [-0.2, -0.15) is 5.11 Å². The Kier molecular flexibility index (Phi) is 4.17. The Morgan fingerprint density at radius 2 is 2.27 bits per heavy atom. The minimum absolute atomic E-state index is 0.196. The van der Waals surface area contributed by atoms with Crippen molar-refractivity contribution in [1.82, 2.24) is 5.32 Å². The molecule has 4 N–H and O–H groups in total. The number of nitrogens with two attached hydrogens (primary N) is 1. The number of rotatable bonds is 4. The van der Waals surface area contributed by atoms with E-state index in [1.807, 2.05) is 0 Å². The number of nitrogens with one attached hydrogen (secondary N) is 2. The Hall–Kier alpha value is -1.50. The molecule has 1 heterocycles. The Morgan fingerprint density at radius 3 is 2.80 bits per heavy atom. The maximum absolute atomic E-state index is 11.8. The van der Waals surface area contributed by atoms with Crippen molar-refractivity contribution >= 4 is 12.1 Å². The van der Waals surface area contributed by atoms with Gasteiger partial charge in [-0.1, -0.05) is 5.22 Å². The number of carbonyl (C=O) groups excluding carboxylic acids is 1. The summed E-state index contributed by atoms with van der Waals surface area (Å²) in [6.45, 7) is 1.13. The van der Waals surface area contributed by atoms with Crippen LogP contribution in [0.1, 0.15) is 12.8 Å². The molecule has 0 atom stereocenters. The second-order valence-corrected chi connectivity index (χ2v) is 3.27. The van der Waals surface area contributed by atoms with Gasteiger partial charge in [0.1, 0.15) is 0 Å². The Morgan fingerprint density at radius 1 is 1.60 bits per heavy atom. The number of carbonyl (C=O) groups is 1. The van der Waals surface area contributed by atoms with Crippen LogP contribution < -0.4 is 11.2 Å². The molecule has 1 aliphatic rings. The quantitative estimate of drug-likeness (QED) is 0.256. The highest BCUT2D eigenvalue weighted by molar-refractivity contribution is 5.88. The van der Waals surface area contributed by atoms with Gasteiger partial charge in [0.15, 0.2) is 5.54 Å². The van der Waals surface area contributed by atoms with Gasteiger partial charge in [-0.25, -0.2) is 0 Å². The van der Waals surface area contributed by atoms with Crippen LogP contribution in [0.5, 0.6) is 0 Å². The lowest BCUT2D eigenvalue weighted by atomic mass is 9.90. The van der Waals surface area contributed by atoms with Gasteiger partial charge in [-0.15, -0.1) is 0 Å². The van der Waals surface area contributed by atoms with Gasteiger partial charge < -0.3 is 21.3 Å². The van der Waals surface area contributed by atoms with Crippen molar-refractivity contribution in [2.75, 3.05) is 19.8 Å². The first-order chi connectivity index (χ1) is 7.25. The van der Waals surface area contributed by atoms with Crippen molar-refractivity contribution in [3.05, 3.63) is 0 Å². The SMILES string of the molecule is N=CCNC(=O)C1(N=NN)CCOCC1. The summed E-state index contributed by atoms with van der Waals surface area (Å²) in [6.07, 6.45) is 2.06. The summed E-state index contributed by atoms with van der Waals surface area (Å²) in [5.74, 6) is 4.76. The molecule has 0 spiro atoms. The van der Waals surface area contributed by atoms with Gasteiger partial charge in [0.05, 0.1) is 6.54 Å². The molecular formula is C8H15N5O2. The average molecular weight is 213 g/mol. The van der Waals surface area contributed by atoms with Gasteiger partial charge in [0, 0.05) is 32.3 Å². The van der Waals surface area contributed by atoms with E-state index in [4.69, 9.17) is 16.0 Å². The number of hydrogen-bond acceptors (Lipinski definition) is 5. The number of ether oxygens (including phenoxy) is 1. The van der Waals surface area contributed by atoms with E-state index in [1.54, 1.807) is 0 Å². The fourth-order valence-corrected chi connectivity index (χ4v) is 1.50. The van der Waals surface area contributed by atoms with Crippen molar-refractivity contribution in [1.29, 1.82) is 5.41 Å². The molecule has 0 aromatic rings. The smallest absolute Gasteiger partial charge is 0.250 e. The molecule has 1 rings (SSSR count). The standard InChI is InChI=1S/C8H15N5O2/c9-3-4-11-7(14)8(12-13-10)1-5-15-6-2-8/h3,9H,1-2,4-6H2,(H2,10,12)(H,11,14). The summed E-state index contributed by atoms with van der Waals surface area (Å²) in [5.41, 5.74) is -0.907. The zero-order chi connectivity index (χ0) is 11.1. The second-order valence-electron chi connectivity index (χ2n) is 3.27. The fraction of sp³-hybridized carbons (Fsp3) is 0.750. The van der Waals surface area contributed by atoms with Gasteiger partial charge in [0.2, 0.25) is 5.91 Å². The zero-order valence-corrected chi connectivity index (χ0v) is 8.40. The molecule has 15 heavy (non-hydrogen) atoms. The third-order valence-corrected chi connectivity index (χ3v) is 2.36. The monoisotopic (exact) mass is 213 g/mol. The first kappa shape index (κ1) is 11.6. The predicted octanol–water partition coefficient (Wildman–Crippen LogP) is -0.373. The minimum Gasteiger partial charge on any atom is -0.381 e. The molecule has 1 amide bonds. The van der Waals surface area contributed by atoms with E-state index in [0.717, 1.165) is 6.21 Å². The second kappa shape index (κ2) is 5.40. The highest BCUT2D eigenvalue weighted by atomic mass is 16.5. The van der Waals surface area contributed by atoms with Gasteiger partial charge in [0.25, 0.3) is 0 Å². The van der Waals surface area contributed by atoms with Crippen LogP contribution in [0.15, 0.2) is 10.3 Å². The van der Waals surface area contributed by atoms with Crippen molar-refractivity contribution in [3.8, 4) is 0 Å². The van der Waals surface area contributed by atoms with Crippen molar-refractivity contribution in [2.24, 2.45) is 16.2 Å². The van der Waals surface area contributed by atoms with Gasteiger partial charge in [-0.3, -0.25) is 4.79 Å². The van der Waals surface area contributed by atoms with E-state index < -0.39 is 5.54 Å². The third-order valence-electron chi connectivity index (χ3n) is 2.36. The van der Waals surface area contributed by atoms with Crippen molar-refractivity contribution in [2.45, 2.75) is 18.4 Å². The summed E-state index contributed by atoms with van der Waals surface area (Å²) < 4.78 is 5.16. The van der Waals surface area contributed by atoms with Crippen LogP contribution in [0.25, 0.3) is 0 Å². The van der Waals surface area contributed by atoms with E-state index in [-0.39, 0.29) is 12.5 Å². The van der Waals surface area contributed by atoms with Crippen LogP contribution in [-0.4, -0.2) is 37.4 Å². The van der Waals surface area contributed by atoms with Crippen LogP contribution in [0, 0.1) is 5.41 Å². The molecule has 1 aliphatic heterocycles. The van der Waals surface area contributed by atoms with Crippen LogP contribution >= 0.6 is 0 Å². The molecule has 0 aromatic carbocycles. The van der Waals surface area contributed by atoms with E-state index >= 15 is 0 Å². The molecule has 0 unspecified atom stereocenters. The number of amides is 1. The molecule has 0 bridgehead atoms. The first-order valence-corrected chi connectivity index (χ1v) is 4.72. The zero-order valence-electron chi connectivity index (χ0n) is 8.40. The molecule has 7 heteroatoms. The van der Waals surface area contributed by atoms with Gasteiger partial charge in [-0.05, 0) is 0 Å². The normalized spacial score (nSPS) is 20.0. The first-order valence-electron chi connectivity index (χ1n) is 4.72. The average Bonchev–Trinajstić information content (AvgIpc) is 2.27. The van der Waals surface area contributed by atoms with Gasteiger partial charge >= 0.3 is 0 Å². The molecule has 0 radical (unpaired) electrons. The molecule has 1 fully saturated rings. The number of hydrogen-bond donors (Lipinski definition) is 3. The topological polar surface area (TPSA) is 113 Å². The van der Waals surface area contributed by atoms with E-state index in [2.05, 4.69) is 15.7 Å². The molecule has 0 aliphatic carbocycles. The van der Waals surface area contributed by atoms with Crippen LogP contribution in [0.3, 0.4) is 0 Å². The van der Waals surface area contributed by atoms with Crippen molar-refractivity contribution in [3.63, 3.8) is 0 Å². The lowest BCUT2D eigenvalue weighted by Gasteiger charge is -2.30. The summed E-state index contributed by atoms with van der Waals surface area (Å²) >= 11 is 0. The highest BCUT2D eigenvalue weighted by Crippen LogP contribution is 2.25. The third kappa shape index (κ3) is 2.72. The molecule has 0 aromatic heterocycles. The molecule has 7 nitrogen and oxygen atoms in total. The van der Waals surface area contributed by atoms with Crippen LogP contribution in [0.4, 0.5) is 0 Å². The minimum atomic E-state index is -0.907. The molecule has 1 saturated heterocycles. The molecule has 84 valence electrons. The van der Waals surface area contributed by atoms with E-state index in [0.29, 0.717) is 26.1 Å². The lowest BCUT2D eigenvalue weighted by Crippen LogP contribution is -2.49. The Labute approximate surface area is 87.6 Å². The van der Waals surface area contributed by atoms with E-state index in [9.17, 15) is 4.79 Å². The molecule has 0 saturated carbocycles. The Bertz CT molecular complexity index is 260.